The van der Waals surface area contributed by atoms with Crippen molar-refractivity contribution in [3.8, 4) is 0 Å². The van der Waals surface area contributed by atoms with E-state index in [0.29, 0.717) is 18.6 Å². The number of imidazole rings is 1. The quantitative estimate of drug-likeness (QED) is 0.554. The minimum Gasteiger partial charge on any atom is -0.290 e. The Labute approximate surface area is 206 Å². The van der Waals surface area contributed by atoms with Crippen molar-refractivity contribution in [3.05, 3.63) is 58.4 Å². The minimum absolute atomic E-state index is 0.0358. The van der Waals surface area contributed by atoms with Crippen molar-refractivity contribution < 1.29 is 12.8 Å². The van der Waals surface area contributed by atoms with Crippen LogP contribution in [0.3, 0.4) is 0 Å². The highest BCUT2D eigenvalue weighted by atomic mass is 32.2. The highest BCUT2D eigenvalue weighted by Gasteiger charge is 2.40. The van der Waals surface area contributed by atoms with Crippen molar-refractivity contribution in [3.63, 3.8) is 0 Å². The molecule has 3 aromatic rings. The average Bonchev–Trinajstić information content (AvgIpc) is 2.98. The normalized spacial score (nSPS) is 20.9. The third kappa shape index (κ3) is 5.21. The molecule has 0 bridgehead atoms. The van der Waals surface area contributed by atoms with Gasteiger partial charge >= 0.3 is 5.69 Å². The summed E-state index contributed by atoms with van der Waals surface area (Å²) in [6.07, 6.45) is 2.23. The molecule has 0 spiro atoms. The molecule has 0 amide bonds. The third-order valence-corrected chi connectivity index (χ3v) is 8.53. The molecular formula is C26H35FN4O3S. The summed E-state index contributed by atoms with van der Waals surface area (Å²) in [5, 5.41) is 0. The molecule has 2 heterocycles. The van der Waals surface area contributed by atoms with Crippen LogP contribution >= 0.6 is 0 Å². The summed E-state index contributed by atoms with van der Waals surface area (Å²) in [5.74, 6) is -0.552. The van der Waals surface area contributed by atoms with E-state index in [9.17, 15) is 17.6 Å². The number of aromatic nitrogens is 3. The lowest BCUT2D eigenvalue weighted by Gasteiger charge is -2.42. The molecule has 190 valence electrons. The van der Waals surface area contributed by atoms with Crippen LogP contribution < -0.4 is 10.4 Å². The first kappa shape index (κ1) is 25.6. The zero-order valence-corrected chi connectivity index (χ0v) is 22.1. The van der Waals surface area contributed by atoms with E-state index in [2.05, 4.69) is 39.3 Å². The largest absolute Gasteiger partial charge is 0.330 e. The van der Waals surface area contributed by atoms with Crippen LogP contribution in [0.2, 0.25) is 0 Å². The lowest BCUT2D eigenvalue weighted by atomic mass is 9.69. The van der Waals surface area contributed by atoms with Crippen molar-refractivity contribution in [2.24, 2.45) is 17.9 Å². The van der Waals surface area contributed by atoms with Crippen molar-refractivity contribution in [1.82, 2.24) is 18.8 Å². The maximum atomic E-state index is 13.7. The predicted octanol–water partition coefficient (Wildman–Crippen LogP) is 4.56. The van der Waals surface area contributed by atoms with Gasteiger partial charge in [0.2, 0.25) is 10.0 Å². The Morgan fingerprint density at radius 2 is 1.91 bits per heavy atom. The summed E-state index contributed by atoms with van der Waals surface area (Å²) >= 11 is 0. The molecule has 1 N–H and O–H groups in total. The third-order valence-electron chi connectivity index (χ3n) is 7.06. The van der Waals surface area contributed by atoms with Gasteiger partial charge in [0.05, 0.1) is 10.4 Å². The maximum Gasteiger partial charge on any atom is 0.330 e. The second-order valence-electron chi connectivity index (χ2n) is 11.7. The number of rotatable bonds is 5. The number of nitrogens with one attached hydrogen (secondary N) is 1. The van der Waals surface area contributed by atoms with Gasteiger partial charge in [0, 0.05) is 31.2 Å². The molecule has 1 aliphatic carbocycles. The fourth-order valence-electron chi connectivity index (χ4n) is 4.95. The van der Waals surface area contributed by atoms with Crippen molar-refractivity contribution >= 4 is 21.2 Å². The Hall–Kier alpha value is -2.52. The van der Waals surface area contributed by atoms with Crippen LogP contribution in [0.15, 0.2) is 46.1 Å². The van der Waals surface area contributed by atoms with Gasteiger partial charge in [0.15, 0.2) is 5.65 Å². The number of hydrogen-bond donors (Lipinski definition) is 1. The van der Waals surface area contributed by atoms with E-state index < -0.39 is 15.8 Å². The summed E-state index contributed by atoms with van der Waals surface area (Å²) in [4.78, 5) is 17.7. The lowest BCUT2D eigenvalue weighted by molar-refractivity contribution is 0.170. The van der Waals surface area contributed by atoms with Crippen molar-refractivity contribution in [2.75, 3.05) is 0 Å². The first-order valence-corrected chi connectivity index (χ1v) is 13.5. The molecule has 0 radical (unpaired) electrons. The van der Waals surface area contributed by atoms with E-state index in [1.165, 1.54) is 18.2 Å². The highest BCUT2D eigenvalue weighted by molar-refractivity contribution is 7.89. The minimum atomic E-state index is -3.88. The average molecular weight is 503 g/mol. The van der Waals surface area contributed by atoms with Gasteiger partial charge in [0.1, 0.15) is 5.82 Å². The molecule has 2 unspecified atom stereocenters. The number of pyridine rings is 1. The molecule has 35 heavy (non-hydrogen) atoms. The van der Waals surface area contributed by atoms with E-state index in [1.54, 1.807) is 16.2 Å². The number of nitrogens with zero attached hydrogens (tertiary/aromatic N) is 3. The first-order chi connectivity index (χ1) is 16.2. The second kappa shape index (κ2) is 8.85. The Kier molecular flexibility index (Phi) is 6.47. The van der Waals surface area contributed by atoms with Crippen LogP contribution in [0.1, 0.15) is 65.5 Å². The number of halogens is 1. The van der Waals surface area contributed by atoms with Crippen LogP contribution in [0.25, 0.3) is 11.2 Å². The first-order valence-electron chi connectivity index (χ1n) is 12.0. The monoisotopic (exact) mass is 502 g/mol. The molecule has 2 aromatic heterocycles. The topological polar surface area (TPSA) is 86.0 Å². The maximum absolute atomic E-state index is 13.7. The number of benzene rings is 1. The van der Waals surface area contributed by atoms with Gasteiger partial charge < -0.3 is 0 Å². The highest BCUT2D eigenvalue weighted by Crippen LogP contribution is 2.43. The number of aryl methyl sites for hydroxylation is 1. The molecule has 1 saturated carbocycles. The second-order valence-corrected chi connectivity index (χ2v) is 13.4. The van der Waals surface area contributed by atoms with E-state index in [0.717, 1.165) is 30.1 Å². The van der Waals surface area contributed by atoms with Gasteiger partial charge in [-0.05, 0) is 60.4 Å². The van der Waals surface area contributed by atoms with Crippen LogP contribution in [0.5, 0.6) is 0 Å². The SMILES string of the molecule is Cn1c(=O)n(CC(C)(C)C)c2ccc(C3CCC(C)(C)C(NS(=O)(=O)c4cccc(F)c4)C3)nc21. The van der Waals surface area contributed by atoms with Crippen LogP contribution in [-0.2, 0) is 23.6 Å². The fraction of sp³-hybridized carbons (Fsp3) is 0.538. The molecule has 1 fully saturated rings. The number of sulfonamides is 1. The summed E-state index contributed by atoms with van der Waals surface area (Å²) < 4.78 is 45.9. The Morgan fingerprint density at radius 1 is 1.20 bits per heavy atom. The van der Waals surface area contributed by atoms with Gasteiger partial charge in [-0.2, -0.15) is 0 Å². The van der Waals surface area contributed by atoms with Crippen LogP contribution in [-0.4, -0.2) is 28.6 Å². The fourth-order valence-corrected chi connectivity index (χ4v) is 6.40. The lowest BCUT2D eigenvalue weighted by Crippen LogP contribution is -2.48. The Bertz CT molecular complexity index is 1420. The number of hydrogen-bond acceptors (Lipinski definition) is 4. The molecule has 0 saturated heterocycles. The molecule has 2 atom stereocenters. The molecule has 1 aliphatic rings. The van der Waals surface area contributed by atoms with E-state index >= 15 is 0 Å². The van der Waals surface area contributed by atoms with Crippen LogP contribution in [0.4, 0.5) is 4.39 Å². The van der Waals surface area contributed by atoms with Gasteiger partial charge in [0.25, 0.3) is 0 Å². The van der Waals surface area contributed by atoms with Crippen LogP contribution in [0, 0.1) is 16.6 Å². The summed E-state index contributed by atoms with van der Waals surface area (Å²) in [5.41, 5.74) is 1.87. The zero-order chi connectivity index (χ0) is 25.8. The van der Waals surface area contributed by atoms with Crippen molar-refractivity contribution in [2.45, 2.75) is 77.3 Å². The summed E-state index contributed by atoms with van der Waals surface area (Å²) in [7, 11) is -2.14. The van der Waals surface area contributed by atoms with Gasteiger partial charge in [-0.1, -0.05) is 40.7 Å². The van der Waals surface area contributed by atoms with Gasteiger partial charge in [-0.25, -0.2) is 27.3 Å². The van der Waals surface area contributed by atoms with Gasteiger partial charge in [-0.3, -0.25) is 9.13 Å². The number of fused-ring (bicyclic) bond motifs is 1. The molecule has 1 aromatic carbocycles. The van der Waals surface area contributed by atoms with E-state index in [1.807, 2.05) is 12.1 Å². The zero-order valence-electron chi connectivity index (χ0n) is 21.3. The summed E-state index contributed by atoms with van der Waals surface area (Å²) in [6.45, 7) is 11.0. The van der Waals surface area contributed by atoms with E-state index in [-0.39, 0.29) is 33.4 Å². The van der Waals surface area contributed by atoms with Crippen molar-refractivity contribution in [1.29, 1.82) is 0 Å². The smallest absolute Gasteiger partial charge is 0.290 e. The molecular weight excluding hydrogens is 467 g/mol. The standard InChI is InChI=1S/C26H35FN4O3S/c1-25(2,3)16-31-21-11-10-20(28-23(21)30(6)24(31)32)17-12-13-26(4,5)22(14-17)29-35(33,34)19-9-7-8-18(27)15-19/h7-11,15,17,22,29H,12-14,16H2,1-6H3. The Morgan fingerprint density at radius 3 is 2.57 bits per heavy atom. The Balaban J connectivity index is 1.64. The summed E-state index contributed by atoms with van der Waals surface area (Å²) in [6, 6.07) is 8.63. The molecule has 9 heteroatoms. The van der Waals surface area contributed by atoms with Gasteiger partial charge in [-0.15, -0.1) is 0 Å². The molecule has 0 aliphatic heterocycles. The molecule has 7 nitrogen and oxygen atoms in total. The molecule has 4 rings (SSSR count). The van der Waals surface area contributed by atoms with E-state index in [4.69, 9.17) is 4.98 Å². The predicted molar refractivity (Wildman–Crippen MR) is 135 cm³/mol.